The van der Waals surface area contributed by atoms with E-state index in [0.717, 1.165) is 16.4 Å². The summed E-state index contributed by atoms with van der Waals surface area (Å²) in [5.41, 5.74) is 0.132. The van der Waals surface area contributed by atoms with E-state index in [9.17, 15) is 27.7 Å². The first kappa shape index (κ1) is 19.5. The first-order valence-electron chi connectivity index (χ1n) is 7.38. The highest BCUT2D eigenvalue weighted by molar-refractivity contribution is 7.89. The molecule has 0 aliphatic carbocycles. The largest absolute Gasteiger partial charge is 0.325 e. The van der Waals surface area contributed by atoms with Crippen LogP contribution in [0.25, 0.3) is 0 Å². The molecule has 0 fully saturated rings. The van der Waals surface area contributed by atoms with E-state index >= 15 is 0 Å². The molecule has 8 nitrogen and oxygen atoms in total. The van der Waals surface area contributed by atoms with E-state index < -0.39 is 33.2 Å². The van der Waals surface area contributed by atoms with Crippen molar-refractivity contribution in [2.24, 2.45) is 0 Å². The zero-order valence-corrected chi connectivity index (χ0v) is 14.8. The summed E-state index contributed by atoms with van der Waals surface area (Å²) in [5.74, 6) is -1.22. The second kappa shape index (κ2) is 7.58. The predicted octanol–water partition coefficient (Wildman–Crippen LogP) is 2.30. The van der Waals surface area contributed by atoms with Gasteiger partial charge in [0.15, 0.2) is 0 Å². The molecule has 0 saturated heterocycles. The second-order valence-electron chi connectivity index (χ2n) is 5.53. The van der Waals surface area contributed by atoms with E-state index in [1.807, 2.05) is 0 Å². The molecular weight excluding hydrogens is 365 g/mol. The van der Waals surface area contributed by atoms with Gasteiger partial charge in [0.2, 0.25) is 15.9 Å². The Hall–Kier alpha value is -2.85. The van der Waals surface area contributed by atoms with Crippen LogP contribution >= 0.6 is 0 Å². The molecule has 2 aromatic carbocycles. The van der Waals surface area contributed by atoms with Gasteiger partial charge in [-0.2, -0.15) is 4.31 Å². The Morgan fingerprint density at radius 1 is 1.27 bits per heavy atom. The maximum atomic E-state index is 13.1. The average molecular weight is 381 g/mol. The monoisotopic (exact) mass is 381 g/mol. The van der Waals surface area contributed by atoms with Crippen molar-refractivity contribution in [3.8, 4) is 0 Å². The summed E-state index contributed by atoms with van der Waals surface area (Å²) >= 11 is 0. The summed E-state index contributed by atoms with van der Waals surface area (Å²) in [7, 11) is -2.95. The highest BCUT2D eigenvalue weighted by Crippen LogP contribution is 2.24. The highest BCUT2D eigenvalue weighted by atomic mass is 32.2. The summed E-state index contributed by atoms with van der Waals surface area (Å²) in [4.78, 5) is 21.9. The van der Waals surface area contributed by atoms with Gasteiger partial charge in [-0.05, 0) is 30.7 Å². The highest BCUT2D eigenvalue weighted by Gasteiger charge is 2.26. The molecule has 26 heavy (non-hydrogen) atoms. The quantitative estimate of drug-likeness (QED) is 0.610. The first-order valence-corrected chi connectivity index (χ1v) is 8.82. The van der Waals surface area contributed by atoms with Crippen molar-refractivity contribution in [3.63, 3.8) is 0 Å². The minimum atomic E-state index is -4.13. The van der Waals surface area contributed by atoms with Crippen molar-refractivity contribution in [2.45, 2.75) is 11.8 Å². The van der Waals surface area contributed by atoms with Gasteiger partial charge in [-0.3, -0.25) is 14.9 Å². The normalized spacial score (nSPS) is 11.4. The minimum absolute atomic E-state index is 0.187. The fourth-order valence-corrected chi connectivity index (χ4v) is 3.57. The number of sulfonamides is 1. The Balaban J connectivity index is 2.20. The molecule has 138 valence electrons. The van der Waals surface area contributed by atoms with Gasteiger partial charge in [-0.25, -0.2) is 12.8 Å². The summed E-state index contributed by atoms with van der Waals surface area (Å²) in [6, 6.07) is 8.63. The molecular formula is C16H16FN3O5S. The van der Waals surface area contributed by atoms with Crippen molar-refractivity contribution in [1.82, 2.24) is 4.31 Å². The van der Waals surface area contributed by atoms with Crippen LogP contribution in [-0.4, -0.2) is 37.1 Å². The van der Waals surface area contributed by atoms with Gasteiger partial charge in [0.05, 0.1) is 16.4 Å². The lowest BCUT2D eigenvalue weighted by molar-refractivity contribution is -0.385. The van der Waals surface area contributed by atoms with Gasteiger partial charge in [0.25, 0.3) is 5.69 Å². The first-order chi connectivity index (χ1) is 12.1. The lowest BCUT2D eigenvalue weighted by atomic mass is 10.2. The molecule has 0 radical (unpaired) electrons. The van der Waals surface area contributed by atoms with Crippen LogP contribution in [-0.2, 0) is 14.8 Å². The lowest BCUT2D eigenvalue weighted by Crippen LogP contribution is -2.35. The topological polar surface area (TPSA) is 110 Å². The van der Waals surface area contributed by atoms with Crippen LogP contribution in [0.5, 0.6) is 0 Å². The molecule has 1 N–H and O–H groups in total. The lowest BCUT2D eigenvalue weighted by Gasteiger charge is -2.18. The van der Waals surface area contributed by atoms with E-state index in [0.29, 0.717) is 5.56 Å². The van der Waals surface area contributed by atoms with Crippen molar-refractivity contribution in [2.75, 3.05) is 18.9 Å². The maximum absolute atomic E-state index is 13.1. The van der Waals surface area contributed by atoms with E-state index in [-0.39, 0.29) is 16.3 Å². The number of nitro groups is 1. The Morgan fingerprint density at radius 3 is 2.58 bits per heavy atom. The molecule has 0 spiro atoms. The second-order valence-corrected chi connectivity index (χ2v) is 7.54. The molecule has 1 amide bonds. The number of nitrogens with one attached hydrogen (secondary N) is 1. The van der Waals surface area contributed by atoms with Gasteiger partial charge in [0.1, 0.15) is 5.82 Å². The fraction of sp³-hybridized carbons (Fsp3) is 0.188. The zero-order valence-electron chi connectivity index (χ0n) is 14.0. The minimum Gasteiger partial charge on any atom is -0.325 e. The molecule has 0 saturated carbocycles. The number of amides is 1. The zero-order chi connectivity index (χ0) is 19.5. The van der Waals surface area contributed by atoms with Crippen molar-refractivity contribution >= 4 is 27.3 Å². The standard InChI is InChI=1S/C16H16FN3O5S/c1-11-6-7-14(20(22)23)9-15(11)26(24,25)19(2)10-16(21)18-13-5-3-4-12(17)8-13/h3-9H,10H2,1-2H3,(H,18,21). The predicted molar refractivity (Wildman–Crippen MR) is 92.7 cm³/mol. The molecule has 0 aliphatic heterocycles. The number of anilines is 1. The summed E-state index contributed by atoms with van der Waals surface area (Å²) in [5, 5.41) is 13.3. The number of nitro benzene ring substituents is 1. The van der Waals surface area contributed by atoms with Gasteiger partial charge in [-0.15, -0.1) is 0 Å². The number of likely N-dealkylation sites (N-methyl/N-ethyl adjacent to an activating group) is 1. The van der Waals surface area contributed by atoms with E-state index in [1.54, 1.807) is 0 Å². The number of non-ortho nitro benzene ring substituents is 1. The number of carbonyl (C=O) groups is 1. The van der Waals surface area contributed by atoms with Crippen LogP contribution in [0, 0.1) is 22.9 Å². The Bertz CT molecular complexity index is 962. The Labute approximate surface area is 149 Å². The molecule has 2 aromatic rings. The van der Waals surface area contributed by atoms with Gasteiger partial charge >= 0.3 is 0 Å². The third-order valence-corrected chi connectivity index (χ3v) is 5.49. The molecule has 2 rings (SSSR count). The van der Waals surface area contributed by atoms with Crippen LogP contribution in [0.2, 0.25) is 0 Å². The van der Waals surface area contributed by atoms with Crippen LogP contribution in [0.4, 0.5) is 15.8 Å². The summed E-state index contributed by atoms with van der Waals surface area (Å²) < 4.78 is 39.2. The third kappa shape index (κ3) is 4.41. The number of hydrogen-bond donors (Lipinski definition) is 1. The van der Waals surface area contributed by atoms with Crippen LogP contribution in [0.3, 0.4) is 0 Å². The summed E-state index contributed by atoms with van der Waals surface area (Å²) in [6.07, 6.45) is 0. The summed E-state index contributed by atoms with van der Waals surface area (Å²) in [6.45, 7) is 0.957. The average Bonchev–Trinajstić information content (AvgIpc) is 2.54. The number of nitrogens with zero attached hydrogens (tertiary/aromatic N) is 2. The van der Waals surface area contributed by atoms with E-state index in [2.05, 4.69) is 5.32 Å². The number of rotatable bonds is 6. The maximum Gasteiger partial charge on any atom is 0.270 e. The number of halogens is 1. The number of carbonyl (C=O) groups excluding carboxylic acids is 1. The van der Waals surface area contributed by atoms with Crippen molar-refractivity contribution in [1.29, 1.82) is 0 Å². The SMILES string of the molecule is Cc1ccc([N+](=O)[O-])cc1S(=O)(=O)N(C)CC(=O)Nc1cccc(F)c1. The third-order valence-electron chi connectivity index (χ3n) is 3.55. The van der Waals surface area contributed by atoms with Crippen LogP contribution in [0.15, 0.2) is 47.4 Å². The van der Waals surface area contributed by atoms with Crippen LogP contribution < -0.4 is 5.32 Å². The molecule has 0 heterocycles. The Kier molecular flexibility index (Phi) is 5.68. The number of aryl methyl sites for hydroxylation is 1. The van der Waals surface area contributed by atoms with Crippen LogP contribution in [0.1, 0.15) is 5.56 Å². The van der Waals surface area contributed by atoms with E-state index in [1.165, 1.54) is 44.3 Å². The number of hydrogen-bond acceptors (Lipinski definition) is 5. The van der Waals surface area contributed by atoms with Gasteiger partial charge < -0.3 is 5.32 Å². The molecule has 10 heteroatoms. The van der Waals surface area contributed by atoms with Crippen molar-refractivity contribution < 1.29 is 22.5 Å². The molecule has 0 aromatic heterocycles. The van der Waals surface area contributed by atoms with E-state index in [4.69, 9.17) is 0 Å². The Morgan fingerprint density at radius 2 is 1.96 bits per heavy atom. The smallest absolute Gasteiger partial charge is 0.270 e. The van der Waals surface area contributed by atoms with Gasteiger partial charge in [0, 0.05) is 24.9 Å². The molecule has 0 bridgehead atoms. The molecule has 0 aliphatic rings. The molecule has 0 atom stereocenters. The fourth-order valence-electron chi connectivity index (χ4n) is 2.20. The van der Waals surface area contributed by atoms with Gasteiger partial charge in [-0.1, -0.05) is 12.1 Å². The van der Waals surface area contributed by atoms with Crippen molar-refractivity contribution in [3.05, 3.63) is 64.0 Å². The number of benzene rings is 2. The molecule has 0 unspecified atom stereocenters.